The van der Waals surface area contributed by atoms with Gasteiger partial charge < -0.3 is 30.5 Å². The van der Waals surface area contributed by atoms with Crippen LogP contribution in [-0.4, -0.2) is 69.6 Å². The molecule has 9 heteroatoms. The van der Waals surface area contributed by atoms with Crippen molar-refractivity contribution in [2.45, 2.75) is 102 Å². The van der Waals surface area contributed by atoms with Crippen LogP contribution in [0, 0.1) is 11.8 Å². The number of alkyl carbamates (subject to hydrolysis) is 1. The summed E-state index contributed by atoms with van der Waals surface area (Å²) in [5.41, 5.74) is -1.03. The molecule has 3 rings (SSSR count). The quantitative estimate of drug-likeness (QED) is 0.490. The van der Waals surface area contributed by atoms with Crippen molar-refractivity contribution < 1.29 is 29.3 Å². The summed E-state index contributed by atoms with van der Waals surface area (Å²) in [5, 5.41) is 25.6. The summed E-state index contributed by atoms with van der Waals surface area (Å²) in [7, 11) is 0. The lowest BCUT2D eigenvalue weighted by molar-refractivity contribution is -0.143. The molecule has 0 radical (unpaired) electrons. The fourth-order valence-corrected chi connectivity index (χ4v) is 5.18. The highest BCUT2D eigenvalue weighted by molar-refractivity contribution is 5.92. The number of fused-ring (bicyclic) bond motifs is 2. The molecule has 0 aromatic carbocycles. The Hall–Kier alpha value is -1.87. The molecule has 176 valence electrons. The van der Waals surface area contributed by atoms with Crippen molar-refractivity contribution in [1.82, 2.24) is 15.5 Å². The topological polar surface area (TPSA) is 128 Å². The molecule has 0 aromatic heterocycles. The number of nitrogens with one attached hydrogen (secondary N) is 2. The van der Waals surface area contributed by atoms with Gasteiger partial charge in [-0.1, -0.05) is 32.6 Å². The van der Waals surface area contributed by atoms with Gasteiger partial charge in [0.05, 0.1) is 11.6 Å². The summed E-state index contributed by atoms with van der Waals surface area (Å²) < 4.78 is 5.16. The fourth-order valence-electron chi connectivity index (χ4n) is 5.18. The van der Waals surface area contributed by atoms with Gasteiger partial charge in [0.25, 0.3) is 0 Å². The van der Waals surface area contributed by atoms with E-state index in [1.165, 1.54) is 4.90 Å². The average molecular weight is 440 g/mol. The van der Waals surface area contributed by atoms with Crippen LogP contribution in [0.4, 0.5) is 4.79 Å². The predicted octanol–water partition coefficient (Wildman–Crippen LogP) is 1.27. The van der Waals surface area contributed by atoms with Crippen LogP contribution in [0.15, 0.2) is 0 Å². The maximum atomic E-state index is 13.3. The lowest BCUT2D eigenvalue weighted by atomic mass is 9.93. The molecule has 3 aliphatic rings. The Morgan fingerprint density at radius 1 is 1.16 bits per heavy atom. The first-order valence-electron chi connectivity index (χ1n) is 11.6. The minimum Gasteiger partial charge on any atom is -0.447 e. The second-order valence-electron chi connectivity index (χ2n) is 9.67. The zero-order valence-electron chi connectivity index (χ0n) is 18.8. The van der Waals surface area contributed by atoms with E-state index in [1.54, 1.807) is 13.8 Å². The molecular weight excluding hydrogens is 402 g/mol. The zero-order valence-corrected chi connectivity index (χ0v) is 18.8. The molecule has 2 heterocycles. The molecule has 4 N–H and O–H groups in total. The highest BCUT2D eigenvalue weighted by Crippen LogP contribution is 2.51. The summed E-state index contributed by atoms with van der Waals surface area (Å²) >= 11 is 0. The highest BCUT2D eigenvalue weighted by atomic mass is 16.6. The molecule has 3 fully saturated rings. The molecule has 31 heavy (non-hydrogen) atoms. The Balaban J connectivity index is 1.79. The van der Waals surface area contributed by atoms with Crippen LogP contribution < -0.4 is 10.6 Å². The molecular formula is C22H37N3O6. The Morgan fingerprint density at radius 3 is 2.55 bits per heavy atom. The summed E-state index contributed by atoms with van der Waals surface area (Å²) in [6.45, 7) is 6.01. The van der Waals surface area contributed by atoms with E-state index in [4.69, 9.17) is 4.74 Å². The molecule has 2 unspecified atom stereocenters. The Bertz CT molecular complexity index is 684. The standard InChI is InChI=1S/C22H37N3O6/c1-13(2)31-21(30)23-16-9-6-4-5-8-14(3)15-12-22(15,20(28)29)24-18(26)17-10-7-11-25(17)19(16)27/h13-17,20,28-29H,4-12H2,1-3H3,(H,23,30)(H,24,26)/t14?,15?,16-,17-,22+/m0/s1. The average Bonchev–Trinajstić information content (AvgIpc) is 3.20. The van der Waals surface area contributed by atoms with Crippen molar-refractivity contribution in [3.8, 4) is 0 Å². The van der Waals surface area contributed by atoms with Crippen LogP contribution >= 0.6 is 0 Å². The first-order chi connectivity index (χ1) is 14.7. The maximum Gasteiger partial charge on any atom is 0.408 e. The largest absolute Gasteiger partial charge is 0.447 e. The third kappa shape index (κ3) is 5.31. The maximum absolute atomic E-state index is 13.3. The minimum absolute atomic E-state index is 0.0187. The van der Waals surface area contributed by atoms with Crippen molar-refractivity contribution >= 4 is 17.9 Å². The number of rotatable bonds is 3. The molecule has 9 nitrogen and oxygen atoms in total. The normalized spacial score (nSPS) is 34.6. The van der Waals surface area contributed by atoms with Gasteiger partial charge in [0.1, 0.15) is 12.1 Å². The number of hydrogen-bond acceptors (Lipinski definition) is 6. The number of aliphatic hydroxyl groups is 2. The van der Waals surface area contributed by atoms with Crippen LogP contribution in [0.3, 0.4) is 0 Å². The summed E-state index contributed by atoms with van der Waals surface area (Å²) in [6, 6.07) is -1.42. The van der Waals surface area contributed by atoms with E-state index in [0.29, 0.717) is 32.2 Å². The van der Waals surface area contributed by atoms with Gasteiger partial charge in [-0.05, 0) is 51.4 Å². The molecule has 5 atom stereocenters. The smallest absolute Gasteiger partial charge is 0.408 e. The van der Waals surface area contributed by atoms with E-state index < -0.39 is 30.0 Å². The van der Waals surface area contributed by atoms with Crippen molar-refractivity contribution in [3.05, 3.63) is 0 Å². The molecule has 0 bridgehead atoms. The van der Waals surface area contributed by atoms with E-state index in [2.05, 4.69) is 17.6 Å². The van der Waals surface area contributed by atoms with Crippen molar-refractivity contribution in [2.24, 2.45) is 11.8 Å². The first kappa shape index (κ1) is 23.8. The van der Waals surface area contributed by atoms with Crippen molar-refractivity contribution in [3.63, 3.8) is 0 Å². The summed E-state index contributed by atoms with van der Waals surface area (Å²) in [4.78, 5) is 40.1. The number of aliphatic hydroxyl groups excluding tert-OH is 1. The predicted molar refractivity (Wildman–Crippen MR) is 113 cm³/mol. The summed E-state index contributed by atoms with van der Waals surface area (Å²) in [5.74, 6) is -0.365. The van der Waals surface area contributed by atoms with Gasteiger partial charge in [0, 0.05) is 6.54 Å². The molecule has 1 saturated carbocycles. The third-order valence-corrected chi connectivity index (χ3v) is 6.99. The van der Waals surface area contributed by atoms with Gasteiger partial charge in [0.15, 0.2) is 6.29 Å². The highest BCUT2D eigenvalue weighted by Gasteiger charge is 2.62. The number of carbonyl (C=O) groups is 3. The van der Waals surface area contributed by atoms with E-state index >= 15 is 0 Å². The molecule has 2 aliphatic heterocycles. The van der Waals surface area contributed by atoms with Crippen molar-refractivity contribution in [1.29, 1.82) is 0 Å². The minimum atomic E-state index is -1.64. The van der Waals surface area contributed by atoms with E-state index in [9.17, 15) is 24.6 Å². The van der Waals surface area contributed by atoms with Gasteiger partial charge in [-0.25, -0.2) is 4.79 Å². The van der Waals surface area contributed by atoms with Crippen LogP contribution in [0.5, 0.6) is 0 Å². The SMILES string of the molecule is CC(C)OC(=O)N[C@H]1CCCCCC(C)C2C[C@@]2(C(O)O)NC(=O)[C@@H]2CCCN2C1=O. The monoisotopic (exact) mass is 439 g/mol. The molecule has 0 spiro atoms. The lowest BCUT2D eigenvalue weighted by Crippen LogP contribution is -2.57. The Labute approximate surface area is 183 Å². The first-order valence-corrected chi connectivity index (χ1v) is 11.6. The van der Waals surface area contributed by atoms with Gasteiger partial charge in [-0.3, -0.25) is 9.59 Å². The Morgan fingerprint density at radius 2 is 1.87 bits per heavy atom. The van der Waals surface area contributed by atoms with E-state index in [1.807, 2.05) is 0 Å². The van der Waals surface area contributed by atoms with Crippen LogP contribution in [0.2, 0.25) is 0 Å². The summed E-state index contributed by atoms with van der Waals surface area (Å²) in [6.07, 6.45) is 3.18. The second kappa shape index (κ2) is 9.73. The molecule has 2 saturated heterocycles. The van der Waals surface area contributed by atoms with Gasteiger partial charge in [-0.2, -0.15) is 0 Å². The van der Waals surface area contributed by atoms with Gasteiger partial charge in [-0.15, -0.1) is 0 Å². The zero-order chi connectivity index (χ0) is 22.8. The van der Waals surface area contributed by atoms with Crippen LogP contribution in [-0.2, 0) is 14.3 Å². The number of carbonyl (C=O) groups excluding carboxylic acids is 3. The third-order valence-electron chi connectivity index (χ3n) is 6.99. The van der Waals surface area contributed by atoms with Gasteiger partial charge in [0.2, 0.25) is 11.8 Å². The molecule has 3 amide bonds. The second-order valence-corrected chi connectivity index (χ2v) is 9.67. The number of nitrogens with zero attached hydrogens (tertiary/aromatic N) is 1. The molecule has 1 aliphatic carbocycles. The number of ether oxygens (including phenoxy) is 1. The molecule has 0 aromatic rings. The number of hydrogen-bond donors (Lipinski definition) is 4. The number of amides is 3. The van der Waals surface area contributed by atoms with E-state index in [0.717, 1.165) is 25.7 Å². The lowest BCUT2D eigenvalue weighted by Gasteiger charge is -2.31. The fraction of sp³-hybridized carbons (Fsp3) is 0.864. The van der Waals surface area contributed by atoms with E-state index in [-0.39, 0.29) is 29.8 Å². The Kier molecular flexibility index (Phi) is 7.47. The van der Waals surface area contributed by atoms with Crippen molar-refractivity contribution in [2.75, 3.05) is 6.54 Å². The van der Waals surface area contributed by atoms with Gasteiger partial charge >= 0.3 is 6.09 Å². The van der Waals surface area contributed by atoms with Crippen LogP contribution in [0.25, 0.3) is 0 Å². The van der Waals surface area contributed by atoms with Crippen LogP contribution in [0.1, 0.15) is 72.1 Å².